The summed E-state index contributed by atoms with van der Waals surface area (Å²) in [6.07, 6.45) is 0. The first-order valence-corrected chi connectivity index (χ1v) is 6.68. The lowest BCUT2D eigenvalue weighted by molar-refractivity contribution is 0.0526. The molecule has 0 fully saturated rings. The van der Waals surface area contributed by atoms with Crippen LogP contribution < -0.4 is 5.69 Å². The highest BCUT2D eigenvalue weighted by atomic mass is 16.5. The van der Waals surface area contributed by atoms with E-state index in [9.17, 15) is 9.59 Å². The molecule has 0 spiro atoms. The lowest BCUT2D eigenvalue weighted by Crippen LogP contribution is -2.14. The van der Waals surface area contributed by atoms with E-state index in [0.717, 1.165) is 11.0 Å². The molecule has 5 heteroatoms. The number of rotatable bonds is 3. The average Bonchev–Trinajstić information content (AvgIpc) is 2.83. The van der Waals surface area contributed by atoms with Crippen LogP contribution in [-0.4, -0.2) is 22.1 Å². The van der Waals surface area contributed by atoms with Crippen LogP contribution in [0.5, 0.6) is 0 Å². The smallest absolute Gasteiger partial charge is 0.338 e. The fraction of sp³-hybridized carbons (Fsp3) is 0.125. The molecule has 0 unspecified atom stereocenters. The Kier molecular flexibility index (Phi) is 3.31. The summed E-state index contributed by atoms with van der Waals surface area (Å²) in [5.74, 6) is -0.365. The highest BCUT2D eigenvalue weighted by Crippen LogP contribution is 2.16. The number of ether oxygens (including phenoxy) is 1. The largest absolute Gasteiger partial charge is 0.462 e. The molecule has 0 atom stereocenters. The number of esters is 1. The molecule has 0 bridgehead atoms. The molecule has 0 aliphatic carbocycles. The van der Waals surface area contributed by atoms with Gasteiger partial charge in [0, 0.05) is 0 Å². The lowest BCUT2D eigenvalue weighted by atomic mass is 10.2. The number of benzene rings is 2. The van der Waals surface area contributed by atoms with Crippen molar-refractivity contribution in [2.24, 2.45) is 0 Å². The third-order valence-corrected chi connectivity index (χ3v) is 3.23. The molecule has 0 amide bonds. The Bertz CT molecular complexity index is 844. The molecule has 3 aromatic rings. The number of para-hydroxylation sites is 2. The molecule has 0 aliphatic rings. The van der Waals surface area contributed by atoms with Crippen molar-refractivity contribution in [3.05, 3.63) is 64.6 Å². The minimum Gasteiger partial charge on any atom is -0.462 e. The maximum absolute atomic E-state index is 12.1. The molecule has 3 rings (SSSR count). The maximum Gasteiger partial charge on any atom is 0.338 e. The van der Waals surface area contributed by atoms with Crippen molar-refractivity contribution in [1.82, 2.24) is 9.55 Å². The Morgan fingerprint density at radius 3 is 2.57 bits per heavy atom. The molecule has 1 aromatic heterocycles. The third kappa shape index (κ3) is 2.33. The van der Waals surface area contributed by atoms with E-state index < -0.39 is 0 Å². The van der Waals surface area contributed by atoms with Crippen LogP contribution >= 0.6 is 0 Å². The van der Waals surface area contributed by atoms with Crippen molar-refractivity contribution in [2.75, 3.05) is 6.61 Å². The molecule has 0 saturated carbocycles. The zero-order valence-electron chi connectivity index (χ0n) is 11.5. The van der Waals surface area contributed by atoms with Crippen molar-refractivity contribution in [2.45, 2.75) is 6.92 Å². The molecule has 1 heterocycles. The highest BCUT2D eigenvalue weighted by Gasteiger charge is 2.10. The normalized spacial score (nSPS) is 10.7. The zero-order chi connectivity index (χ0) is 14.8. The number of nitrogens with one attached hydrogen (secondary N) is 1. The van der Waals surface area contributed by atoms with Gasteiger partial charge < -0.3 is 9.72 Å². The molecule has 21 heavy (non-hydrogen) atoms. The number of aromatic amines is 1. The van der Waals surface area contributed by atoms with Gasteiger partial charge in [0.2, 0.25) is 0 Å². The second kappa shape index (κ2) is 5.28. The van der Waals surface area contributed by atoms with E-state index in [1.165, 1.54) is 0 Å². The van der Waals surface area contributed by atoms with Crippen LogP contribution in [-0.2, 0) is 4.74 Å². The van der Waals surface area contributed by atoms with Gasteiger partial charge in [-0.1, -0.05) is 12.1 Å². The van der Waals surface area contributed by atoms with Gasteiger partial charge in [-0.15, -0.1) is 0 Å². The molecule has 2 aromatic carbocycles. The van der Waals surface area contributed by atoms with E-state index in [0.29, 0.717) is 17.9 Å². The van der Waals surface area contributed by atoms with Gasteiger partial charge in [0.15, 0.2) is 0 Å². The number of H-pyrrole nitrogens is 1. The summed E-state index contributed by atoms with van der Waals surface area (Å²) in [6.45, 7) is 2.10. The standard InChI is InChI=1S/C16H14N2O3/c1-2-21-15(19)11-7-9-12(10-8-11)18-14-6-4-3-5-13(14)17-16(18)20/h3-10H,2H2,1H3,(H,17,20). The Balaban J connectivity index is 2.05. The van der Waals surface area contributed by atoms with E-state index in [1.54, 1.807) is 35.8 Å². The van der Waals surface area contributed by atoms with Crippen LogP contribution in [0.4, 0.5) is 0 Å². The van der Waals surface area contributed by atoms with Crippen LogP contribution in [0.1, 0.15) is 17.3 Å². The Hall–Kier alpha value is -2.82. The van der Waals surface area contributed by atoms with Crippen molar-refractivity contribution in [1.29, 1.82) is 0 Å². The van der Waals surface area contributed by atoms with Crippen molar-refractivity contribution in [3.63, 3.8) is 0 Å². The molecule has 0 radical (unpaired) electrons. The second-order valence-corrected chi connectivity index (χ2v) is 4.55. The van der Waals surface area contributed by atoms with Gasteiger partial charge in [-0.05, 0) is 43.3 Å². The fourth-order valence-corrected chi connectivity index (χ4v) is 2.27. The van der Waals surface area contributed by atoms with Gasteiger partial charge in [0.1, 0.15) is 0 Å². The number of hydrogen-bond acceptors (Lipinski definition) is 3. The van der Waals surface area contributed by atoms with Crippen LogP contribution in [0.15, 0.2) is 53.3 Å². The minimum atomic E-state index is -0.365. The molecular weight excluding hydrogens is 268 g/mol. The summed E-state index contributed by atoms with van der Waals surface area (Å²) < 4.78 is 6.51. The van der Waals surface area contributed by atoms with Gasteiger partial charge in [0.25, 0.3) is 0 Å². The van der Waals surface area contributed by atoms with Gasteiger partial charge in [0.05, 0.1) is 28.9 Å². The molecule has 0 aliphatic heterocycles. The van der Waals surface area contributed by atoms with E-state index in [2.05, 4.69) is 4.98 Å². The van der Waals surface area contributed by atoms with E-state index >= 15 is 0 Å². The third-order valence-electron chi connectivity index (χ3n) is 3.23. The quantitative estimate of drug-likeness (QED) is 0.751. The first kappa shape index (κ1) is 13.2. The SMILES string of the molecule is CCOC(=O)c1ccc(-n2c(=O)[nH]c3ccccc32)cc1. The molecular formula is C16H14N2O3. The van der Waals surface area contributed by atoms with Crippen LogP contribution in [0, 0.1) is 0 Å². The first-order valence-electron chi connectivity index (χ1n) is 6.68. The molecule has 0 saturated heterocycles. The monoisotopic (exact) mass is 282 g/mol. The number of carbonyl (C=O) groups is 1. The fourth-order valence-electron chi connectivity index (χ4n) is 2.27. The Morgan fingerprint density at radius 1 is 1.14 bits per heavy atom. The summed E-state index contributed by atoms with van der Waals surface area (Å²) in [5, 5.41) is 0. The highest BCUT2D eigenvalue weighted by molar-refractivity contribution is 5.89. The Morgan fingerprint density at radius 2 is 1.86 bits per heavy atom. The topological polar surface area (TPSA) is 64.1 Å². The number of aromatic nitrogens is 2. The Labute approximate surface area is 120 Å². The zero-order valence-corrected chi connectivity index (χ0v) is 11.5. The summed E-state index contributed by atoms with van der Waals surface area (Å²) >= 11 is 0. The molecule has 106 valence electrons. The van der Waals surface area contributed by atoms with Crippen molar-refractivity contribution in [3.8, 4) is 5.69 Å². The number of hydrogen-bond donors (Lipinski definition) is 1. The van der Waals surface area contributed by atoms with Crippen LogP contribution in [0.2, 0.25) is 0 Å². The van der Waals surface area contributed by atoms with E-state index in [-0.39, 0.29) is 11.7 Å². The van der Waals surface area contributed by atoms with Crippen LogP contribution in [0.3, 0.4) is 0 Å². The average molecular weight is 282 g/mol. The predicted octanol–water partition coefficient (Wildman–Crippen LogP) is 2.50. The number of imidazole rings is 1. The maximum atomic E-state index is 12.1. The molecule has 5 nitrogen and oxygen atoms in total. The first-order chi connectivity index (χ1) is 10.2. The lowest BCUT2D eigenvalue weighted by Gasteiger charge is -2.05. The van der Waals surface area contributed by atoms with Gasteiger partial charge in [-0.2, -0.15) is 0 Å². The van der Waals surface area contributed by atoms with Crippen molar-refractivity contribution >= 4 is 17.0 Å². The van der Waals surface area contributed by atoms with E-state index in [1.807, 2.05) is 24.3 Å². The summed E-state index contributed by atoms with van der Waals surface area (Å²) in [7, 11) is 0. The number of carbonyl (C=O) groups excluding carboxylic acids is 1. The van der Waals surface area contributed by atoms with Gasteiger partial charge in [-0.25, -0.2) is 9.59 Å². The minimum absolute atomic E-state index is 0.208. The van der Waals surface area contributed by atoms with Gasteiger partial charge >= 0.3 is 11.7 Å². The van der Waals surface area contributed by atoms with Crippen LogP contribution in [0.25, 0.3) is 16.7 Å². The second-order valence-electron chi connectivity index (χ2n) is 4.55. The van der Waals surface area contributed by atoms with E-state index in [4.69, 9.17) is 4.74 Å². The summed E-state index contributed by atoms with van der Waals surface area (Å²) in [4.78, 5) is 26.5. The summed E-state index contributed by atoms with van der Waals surface area (Å²) in [6, 6.07) is 14.2. The summed E-state index contributed by atoms with van der Waals surface area (Å²) in [5.41, 5.74) is 2.53. The number of nitrogens with zero attached hydrogens (tertiary/aromatic N) is 1. The predicted molar refractivity (Wildman–Crippen MR) is 79.9 cm³/mol. The van der Waals surface area contributed by atoms with Crippen molar-refractivity contribution < 1.29 is 9.53 Å². The van der Waals surface area contributed by atoms with Gasteiger partial charge in [-0.3, -0.25) is 4.57 Å². The molecule has 1 N–H and O–H groups in total. The number of fused-ring (bicyclic) bond motifs is 1.